The number of piperidine rings is 1. The van der Waals surface area contributed by atoms with Crippen LogP contribution >= 0.6 is 24.0 Å². The summed E-state index contributed by atoms with van der Waals surface area (Å²) in [5, 5.41) is 4.06. The number of aryl methyl sites for hydroxylation is 1. The Hall–Kier alpha value is -0.970. The quantitative estimate of drug-likeness (QED) is 0.845. The predicted molar refractivity (Wildman–Crippen MR) is 96.8 cm³/mol. The minimum Gasteiger partial charge on any atom is -0.483 e. The minimum absolute atomic E-state index is 0. The number of carbonyl (C=O) groups excluding carboxylic acids is 1. The SMILES string of the molecule is CCNCC1CCN(C(=O)COc2ccc(Cl)cc2C)CC1.Cl. The van der Waals surface area contributed by atoms with Crippen LogP contribution in [-0.2, 0) is 4.79 Å². The smallest absolute Gasteiger partial charge is 0.260 e. The van der Waals surface area contributed by atoms with Gasteiger partial charge in [0, 0.05) is 18.1 Å². The summed E-state index contributed by atoms with van der Waals surface area (Å²) >= 11 is 5.92. The van der Waals surface area contributed by atoms with Gasteiger partial charge in [-0.2, -0.15) is 0 Å². The van der Waals surface area contributed by atoms with Gasteiger partial charge in [-0.25, -0.2) is 0 Å². The van der Waals surface area contributed by atoms with Gasteiger partial charge in [0.25, 0.3) is 5.91 Å². The number of ether oxygens (including phenoxy) is 1. The van der Waals surface area contributed by atoms with Crippen molar-refractivity contribution in [3.63, 3.8) is 0 Å². The molecule has 1 aromatic rings. The molecular weight excluding hydrogens is 335 g/mol. The standard InChI is InChI=1S/C17H25ClN2O2.ClH/c1-3-19-11-14-6-8-20(9-7-14)17(21)12-22-16-5-4-15(18)10-13(16)2;/h4-5,10,14,19H,3,6-9,11-12H2,1-2H3;1H. The zero-order valence-electron chi connectivity index (χ0n) is 13.8. The lowest BCUT2D eigenvalue weighted by atomic mass is 9.97. The molecule has 1 fully saturated rings. The Kier molecular flexibility index (Phi) is 8.74. The molecule has 23 heavy (non-hydrogen) atoms. The Morgan fingerprint density at radius 2 is 2.09 bits per heavy atom. The highest BCUT2D eigenvalue weighted by molar-refractivity contribution is 6.30. The number of hydrogen-bond acceptors (Lipinski definition) is 3. The molecule has 1 N–H and O–H groups in total. The van der Waals surface area contributed by atoms with E-state index in [1.807, 2.05) is 24.0 Å². The van der Waals surface area contributed by atoms with Crippen LogP contribution in [0, 0.1) is 12.8 Å². The maximum absolute atomic E-state index is 12.2. The van der Waals surface area contributed by atoms with Crippen LogP contribution in [0.3, 0.4) is 0 Å². The van der Waals surface area contributed by atoms with Crippen LogP contribution in [0.25, 0.3) is 0 Å². The van der Waals surface area contributed by atoms with Crippen LogP contribution < -0.4 is 10.1 Å². The van der Waals surface area contributed by atoms with E-state index in [9.17, 15) is 4.79 Å². The highest BCUT2D eigenvalue weighted by atomic mass is 35.5. The average Bonchev–Trinajstić information content (AvgIpc) is 2.52. The molecule has 6 heteroatoms. The Morgan fingerprint density at radius 1 is 1.39 bits per heavy atom. The molecule has 1 saturated heterocycles. The van der Waals surface area contributed by atoms with Crippen molar-refractivity contribution in [1.82, 2.24) is 10.2 Å². The molecule has 0 unspecified atom stereocenters. The van der Waals surface area contributed by atoms with Gasteiger partial charge in [-0.15, -0.1) is 12.4 Å². The normalized spacial score (nSPS) is 15.2. The summed E-state index contributed by atoms with van der Waals surface area (Å²) in [6.45, 7) is 7.87. The van der Waals surface area contributed by atoms with E-state index in [0.29, 0.717) is 10.9 Å². The van der Waals surface area contributed by atoms with Crippen molar-refractivity contribution < 1.29 is 9.53 Å². The van der Waals surface area contributed by atoms with Crippen LogP contribution in [0.5, 0.6) is 5.75 Å². The first kappa shape index (κ1) is 20.1. The number of nitrogens with one attached hydrogen (secondary N) is 1. The molecule has 0 radical (unpaired) electrons. The molecular formula is C17H26Cl2N2O2. The summed E-state index contributed by atoms with van der Waals surface area (Å²) in [6.07, 6.45) is 2.14. The number of amides is 1. The number of carbonyl (C=O) groups is 1. The van der Waals surface area contributed by atoms with Crippen LogP contribution in [0.4, 0.5) is 0 Å². The van der Waals surface area contributed by atoms with Gasteiger partial charge < -0.3 is 15.0 Å². The molecule has 0 aromatic heterocycles. The van der Waals surface area contributed by atoms with Crippen molar-refractivity contribution >= 4 is 29.9 Å². The predicted octanol–water partition coefficient (Wildman–Crippen LogP) is 3.30. The van der Waals surface area contributed by atoms with Gasteiger partial charge in [0.15, 0.2) is 6.61 Å². The topological polar surface area (TPSA) is 41.6 Å². The lowest BCUT2D eigenvalue weighted by molar-refractivity contribution is -0.134. The third-order valence-corrected chi connectivity index (χ3v) is 4.37. The fraction of sp³-hybridized carbons (Fsp3) is 0.588. The first-order valence-electron chi connectivity index (χ1n) is 7.97. The summed E-state index contributed by atoms with van der Waals surface area (Å²) in [7, 11) is 0. The van der Waals surface area contributed by atoms with Gasteiger partial charge in [-0.3, -0.25) is 4.79 Å². The lowest BCUT2D eigenvalue weighted by Gasteiger charge is -2.32. The molecule has 2 rings (SSSR count). The Balaban J connectivity index is 0.00000264. The fourth-order valence-electron chi connectivity index (χ4n) is 2.74. The van der Waals surface area contributed by atoms with Gasteiger partial charge in [-0.1, -0.05) is 18.5 Å². The first-order valence-corrected chi connectivity index (χ1v) is 8.35. The van der Waals surface area contributed by atoms with Crippen molar-refractivity contribution in [1.29, 1.82) is 0 Å². The van der Waals surface area contributed by atoms with Crippen molar-refractivity contribution in [3.8, 4) is 5.75 Å². The number of nitrogens with zero attached hydrogens (tertiary/aromatic N) is 1. The number of likely N-dealkylation sites (tertiary alicyclic amines) is 1. The average molecular weight is 361 g/mol. The van der Waals surface area contributed by atoms with E-state index in [1.165, 1.54) is 0 Å². The number of benzene rings is 1. The minimum atomic E-state index is 0. The molecule has 1 aliphatic rings. The third-order valence-electron chi connectivity index (χ3n) is 4.14. The summed E-state index contributed by atoms with van der Waals surface area (Å²) in [4.78, 5) is 14.1. The van der Waals surface area contributed by atoms with Gasteiger partial charge in [-0.05, 0) is 62.5 Å². The second-order valence-electron chi connectivity index (χ2n) is 5.83. The molecule has 0 spiro atoms. The van der Waals surface area contributed by atoms with Crippen LogP contribution in [-0.4, -0.2) is 43.6 Å². The van der Waals surface area contributed by atoms with Crippen molar-refractivity contribution in [2.24, 2.45) is 5.92 Å². The number of rotatable bonds is 6. The van der Waals surface area contributed by atoms with E-state index in [-0.39, 0.29) is 24.9 Å². The van der Waals surface area contributed by atoms with Crippen molar-refractivity contribution in [3.05, 3.63) is 28.8 Å². The number of halogens is 2. The molecule has 130 valence electrons. The molecule has 1 aromatic carbocycles. The van der Waals surface area contributed by atoms with Crippen LogP contribution in [0.2, 0.25) is 5.02 Å². The van der Waals surface area contributed by atoms with E-state index in [1.54, 1.807) is 6.07 Å². The molecule has 0 saturated carbocycles. The van der Waals surface area contributed by atoms with Gasteiger partial charge in [0.2, 0.25) is 0 Å². The maximum atomic E-state index is 12.2. The van der Waals surface area contributed by atoms with E-state index >= 15 is 0 Å². The summed E-state index contributed by atoms with van der Waals surface area (Å²) in [6, 6.07) is 5.43. The van der Waals surface area contributed by atoms with Gasteiger partial charge in [0.05, 0.1) is 0 Å². The second-order valence-corrected chi connectivity index (χ2v) is 6.27. The summed E-state index contributed by atoms with van der Waals surface area (Å²) < 4.78 is 5.64. The van der Waals surface area contributed by atoms with Gasteiger partial charge >= 0.3 is 0 Å². The fourth-order valence-corrected chi connectivity index (χ4v) is 2.97. The van der Waals surface area contributed by atoms with Crippen molar-refractivity contribution in [2.45, 2.75) is 26.7 Å². The Labute approximate surface area is 149 Å². The lowest BCUT2D eigenvalue weighted by Crippen LogP contribution is -2.42. The van der Waals surface area contributed by atoms with Gasteiger partial charge in [0.1, 0.15) is 5.75 Å². The third kappa shape index (κ3) is 6.21. The molecule has 4 nitrogen and oxygen atoms in total. The second kappa shape index (κ2) is 10.0. The van der Waals surface area contributed by atoms with Crippen LogP contribution in [0.15, 0.2) is 18.2 Å². The molecule has 1 amide bonds. The van der Waals surface area contributed by atoms with E-state index in [2.05, 4.69) is 12.2 Å². The monoisotopic (exact) mass is 360 g/mol. The Morgan fingerprint density at radius 3 is 2.70 bits per heavy atom. The summed E-state index contributed by atoms with van der Waals surface area (Å²) in [5.41, 5.74) is 0.949. The van der Waals surface area contributed by atoms with E-state index in [0.717, 1.165) is 50.3 Å². The molecule has 1 aliphatic heterocycles. The highest BCUT2D eigenvalue weighted by Crippen LogP contribution is 2.22. The largest absolute Gasteiger partial charge is 0.483 e. The molecule has 0 bridgehead atoms. The number of hydrogen-bond donors (Lipinski definition) is 1. The van der Waals surface area contributed by atoms with Crippen LogP contribution in [0.1, 0.15) is 25.3 Å². The zero-order chi connectivity index (χ0) is 15.9. The van der Waals surface area contributed by atoms with Crippen molar-refractivity contribution in [2.75, 3.05) is 32.8 Å². The molecule has 0 aliphatic carbocycles. The van der Waals surface area contributed by atoms with E-state index in [4.69, 9.17) is 16.3 Å². The van der Waals surface area contributed by atoms with E-state index < -0.39 is 0 Å². The Bertz CT molecular complexity index is 503. The molecule has 1 heterocycles. The molecule has 0 atom stereocenters. The zero-order valence-corrected chi connectivity index (χ0v) is 15.4. The highest BCUT2D eigenvalue weighted by Gasteiger charge is 2.22. The first-order chi connectivity index (χ1) is 10.6. The maximum Gasteiger partial charge on any atom is 0.260 e. The summed E-state index contributed by atoms with van der Waals surface area (Å²) in [5.74, 6) is 1.47.